The molecule has 0 radical (unpaired) electrons. The first-order valence-electron chi connectivity index (χ1n) is 17.2. The van der Waals surface area contributed by atoms with Crippen LogP contribution in [0.5, 0.6) is 0 Å². The summed E-state index contributed by atoms with van der Waals surface area (Å²) in [5, 5.41) is 7.78. The van der Waals surface area contributed by atoms with Crippen molar-refractivity contribution >= 4 is 32.3 Å². The van der Waals surface area contributed by atoms with Crippen LogP contribution in [0.1, 0.15) is 22.3 Å². The smallest absolute Gasteiger partial charge is 0.0622 e. The van der Waals surface area contributed by atoms with Gasteiger partial charge in [0.25, 0.3) is 0 Å². The Bertz CT molecular complexity index is 2760. The van der Waals surface area contributed by atoms with E-state index in [0.717, 1.165) is 0 Å². The fraction of sp³-hybridized carbons (Fsp3) is 0.0204. The molecule has 0 nitrogen and oxygen atoms in total. The molecule has 0 amide bonds. The molecule has 1 spiro atoms. The van der Waals surface area contributed by atoms with E-state index >= 15 is 0 Å². The van der Waals surface area contributed by atoms with E-state index in [2.05, 4.69) is 182 Å². The van der Waals surface area contributed by atoms with Crippen molar-refractivity contribution in [3.8, 4) is 44.5 Å². The third-order valence-electron chi connectivity index (χ3n) is 11.3. The minimum atomic E-state index is -0.407. The third-order valence-corrected chi connectivity index (χ3v) is 11.3. The zero-order chi connectivity index (χ0) is 32.1. The summed E-state index contributed by atoms with van der Waals surface area (Å²) >= 11 is 0. The van der Waals surface area contributed by atoms with Crippen molar-refractivity contribution < 1.29 is 0 Å². The van der Waals surface area contributed by atoms with Gasteiger partial charge in [-0.15, -0.1) is 0 Å². The van der Waals surface area contributed by atoms with Crippen molar-refractivity contribution in [3.05, 3.63) is 204 Å². The van der Waals surface area contributed by atoms with Crippen LogP contribution in [0.2, 0.25) is 0 Å². The van der Waals surface area contributed by atoms with Crippen molar-refractivity contribution in [3.63, 3.8) is 0 Å². The van der Waals surface area contributed by atoms with Gasteiger partial charge in [0, 0.05) is 0 Å². The summed E-state index contributed by atoms with van der Waals surface area (Å²) in [7, 11) is 0. The predicted octanol–water partition coefficient (Wildman–Crippen LogP) is 12.8. The average molecular weight is 619 g/mol. The molecule has 49 heavy (non-hydrogen) atoms. The Hall–Kier alpha value is -6.24. The molecule has 0 heteroatoms. The molecule has 0 bridgehead atoms. The molecule has 2 aliphatic rings. The van der Waals surface area contributed by atoms with E-state index in [-0.39, 0.29) is 0 Å². The summed E-state index contributed by atoms with van der Waals surface area (Å²) in [5.41, 5.74) is 15.4. The second-order valence-electron chi connectivity index (χ2n) is 13.5. The van der Waals surface area contributed by atoms with Gasteiger partial charge in [0.05, 0.1) is 5.41 Å². The Labute approximate surface area is 285 Å². The van der Waals surface area contributed by atoms with Crippen LogP contribution in [-0.4, -0.2) is 0 Å². The normalized spacial score (nSPS) is 15.4. The number of hydrogen-bond donors (Lipinski definition) is 0. The van der Waals surface area contributed by atoms with Gasteiger partial charge in [0.15, 0.2) is 0 Å². The van der Waals surface area contributed by atoms with Crippen LogP contribution in [0.3, 0.4) is 0 Å². The van der Waals surface area contributed by atoms with Crippen molar-refractivity contribution in [2.24, 2.45) is 0 Å². The van der Waals surface area contributed by atoms with Crippen molar-refractivity contribution in [2.45, 2.75) is 5.41 Å². The zero-order valence-corrected chi connectivity index (χ0v) is 26.8. The van der Waals surface area contributed by atoms with E-state index in [1.54, 1.807) is 0 Å². The predicted molar refractivity (Wildman–Crippen MR) is 206 cm³/mol. The molecule has 1 atom stereocenters. The summed E-state index contributed by atoms with van der Waals surface area (Å²) in [6.45, 7) is 0. The molecular weight excluding hydrogens is 589 g/mol. The van der Waals surface area contributed by atoms with Gasteiger partial charge >= 0.3 is 0 Å². The standard InChI is InChI=1S/C49H30/c1-2-14-31(15-3-1)46-37-20-4-6-22-39(37)47(40-23-7-5-21-38(40)46)33-28-29-44-41(30-33)35-19-9-11-26-43(35)49(44)42-25-10-8-18-34(42)36-24-12-16-32-17-13-27-45(49)48(32)36/h1-30H. The first-order chi connectivity index (χ1) is 24.3. The summed E-state index contributed by atoms with van der Waals surface area (Å²) in [5.74, 6) is 0. The van der Waals surface area contributed by atoms with Crippen LogP contribution in [0.25, 0.3) is 76.8 Å². The molecule has 9 aromatic carbocycles. The highest BCUT2D eigenvalue weighted by Gasteiger charge is 2.50. The molecule has 0 aromatic heterocycles. The molecule has 0 fully saturated rings. The van der Waals surface area contributed by atoms with Crippen LogP contribution < -0.4 is 0 Å². The third kappa shape index (κ3) is 3.43. The van der Waals surface area contributed by atoms with Gasteiger partial charge in [0.2, 0.25) is 0 Å². The Kier molecular flexibility index (Phi) is 5.41. The van der Waals surface area contributed by atoms with E-state index in [1.807, 2.05) is 0 Å². The molecule has 0 saturated carbocycles. The molecule has 9 aromatic rings. The topological polar surface area (TPSA) is 0 Å². The van der Waals surface area contributed by atoms with Crippen LogP contribution in [0.15, 0.2) is 182 Å². The SMILES string of the molecule is c1ccc(-c2c3ccccc3c(-c3ccc4c(c3)-c3ccccc3C43c4ccccc4-c4cccc5cccc3c45)c3ccccc23)cc1. The largest absolute Gasteiger partial charge is 0.0725 e. The van der Waals surface area contributed by atoms with Crippen LogP contribution in [0.4, 0.5) is 0 Å². The maximum absolute atomic E-state index is 2.49. The lowest BCUT2D eigenvalue weighted by Crippen LogP contribution is -2.31. The van der Waals surface area contributed by atoms with E-state index in [0.29, 0.717) is 0 Å². The van der Waals surface area contributed by atoms with E-state index in [9.17, 15) is 0 Å². The number of fused-ring (bicyclic) bond motifs is 11. The van der Waals surface area contributed by atoms with Crippen LogP contribution in [0, 0.1) is 0 Å². The Morgan fingerprint density at radius 1 is 0.286 bits per heavy atom. The molecule has 1 unspecified atom stereocenters. The Morgan fingerprint density at radius 3 is 1.41 bits per heavy atom. The van der Waals surface area contributed by atoms with Gasteiger partial charge < -0.3 is 0 Å². The first kappa shape index (κ1) is 26.8. The lowest BCUT2D eigenvalue weighted by molar-refractivity contribution is 0.773. The molecule has 0 aliphatic heterocycles. The number of benzene rings is 9. The minimum absolute atomic E-state index is 0.407. The molecule has 11 rings (SSSR count). The number of hydrogen-bond acceptors (Lipinski definition) is 0. The summed E-state index contributed by atoms with van der Waals surface area (Å²) in [4.78, 5) is 0. The molecule has 0 saturated heterocycles. The summed E-state index contributed by atoms with van der Waals surface area (Å²) in [6.07, 6.45) is 0. The van der Waals surface area contributed by atoms with Gasteiger partial charge in [0.1, 0.15) is 0 Å². The van der Waals surface area contributed by atoms with Crippen molar-refractivity contribution in [1.82, 2.24) is 0 Å². The lowest BCUT2D eigenvalue weighted by Gasteiger charge is -2.40. The second-order valence-corrected chi connectivity index (χ2v) is 13.5. The highest BCUT2D eigenvalue weighted by Crippen LogP contribution is 2.62. The van der Waals surface area contributed by atoms with Gasteiger partial charge in [-0.3, -0.25) is 0 Å². The first-order valence-corrected chi connectivity index (χ1v) is 17.2. The highest BCUT2D eigenvalue weighted by molar-refractivity contribution is 6.21. The summed E-state index contributed by atoms with van der Waals surface area (Å²) < 4.78 is 0. The zero-order valence-electron chi connectivity index (χ0n) is 26.8. The quantitative estimate of drug-likeness (QED) is 0.169. The Balaban J connectivity index is 1.25. The minimum Gasteiger partial charge on any atom is -0.0622 e. The van der Waals surface area contributed by atoms with Crippen molar-refractivity contribution in [2.75, 3.05) is 0 Å². The molecule has 0 N–H and O–H groups in total. The van der Waals surface area contributed by atoms with E-state index < -0.39 is 5.41 Å². The maximum Gasteiger partial charge on any atom is 0.0725 e. The molecule has 0 heterocycles. The Morgan fingerprint density at radius 2 is 0.755 bits per heavy atom. The second kappa shape index (κ2) is 9.89. The highest BCUT2D eigenvalue weighted by atomic mass is 14.5. The number of rotatable bonds is 2. The molecular formula is C49H30. The van der Waals surface area contributed by atoms with Gasteiger partial charge in [-0.2, -0.15) is 0 Å². The lowest BCUT2D eigenvalue weighted by atomic mass is 9.61. The van der Waals surface area contributed by atoms with E-state index in [1.165, 1.54) is 99.1 Å². The van der Waals surface area contributed by atoms with Crippen LogP contribution in [-0.2, 0) is 5.41 Å². The van der Waals surface area contributed by atoms with Gasteiger partial charge in [-0.1, -0.05) is 176 Å². The summed E-state index contributed by atoms with van der Waals surface area (Å²) in [6, 6.07) is 68.0. The molecule has 2 aliphatic carbocycles. The van der Waals surface area contributed by atoms with E-state index in [4.69, 9.17) is 0 Å². The van der Waals surface area contributed by atoms with Gasteiger partial charge in [-0.25, -0.2) is 0 Å². The molecule has 226 valence electrons. The van der Waals surface area contributed by atoms with Crippen LogP contribution >= 0.6 is 0 Å². The monoisotopic (exact) mass is 618 g/mol. The van der Waals surface area contributed by atoms with Gasteiger partial charge in [-0.05, 0) is 105 Å². The fourth-order valence-electron chi connectivity index (χ4n) is 9.44. The average Bonchev–Trinajstić information content (AvgIpc) is 3.46. The maximum atomic E-state index is 2.49. The van der Waals surface area contributed by atoms with Crippen molar-refractivity contribution in [1.29, 1.82) is 0 Å². The fourth-order valence-corrected chi connectivity index (χ4v) is 9.44.